The molecule has 0 aliphatic carbocycles. The van der Waals surface area contributed by atoms with Crippen LogP contribution < -0.4 is 15.8 Å². The molecule has 2 amide bonds. The van der Waals surface area contributed by atoms with Crippen molar-refractivity contribution >= 4 is 17.5 Å². The minimum absolute atomic E-state index is 0.0959. The zero-order chi connectivity index (χ0) is 17.0. The van der Waals surface area contributed by atoms with Crippen LogP contribution in [0.1, 0.15) is 10.4 Å². The van der Waals surface area contributed by atoms with Crippen LogP contribution in [0.25, 0.3) is 0 Å². The predicted octanol–water partition coefficient (Wildman–Crippen LogP) is 3.08. The largest absolute Gasteiger partial charge is 0.471 e. The Balaban J connectivity index is 2.21. The van der Waals surface area contributed by atoms with Crippen LogP contribution in [-0.4, -0.2) is 18.0 Å². The van der Waals surface area contributed by atoms with Crippen molar-refractivity contribution in [3.63, 3.8) is 0 Å². The number of anilines is 1. The third-order valence-corrected chi connectivity index (χ3v) is 2.73. The number of alkyl halides is 3. The number of nitrogens with two attached hydrogens (primary N) is 1. The molecule has 5 nitrogen and oxygen atoms in total. The maximum absolute atomic E-state index is 12.2. The van der Waals surface area contributed by atoms with E-state index in [4.69, 9.17) is 10.5 Å². The minimum atomic E-state index is -4.99. The van der Waals surface area contributed by atoms with Gasteiger partial charge < -0.3 is 15.8 Å². The highest BCUT2D eigenvalue weighted by Crippen LogP contribution is 2.27. The molecule has 3 N–H and O–H groups in total. The lowest BCUT2D eigenvalue weighted by molar-refractivity contribution is -0.167. The van der Waals surface area contributed by atoms with Crippen LogP contribution in [0.2, 0.25) is 0 Å². The molecule has 23 heavy (non-hydrogen) atoms. The molecule has 8 heteroatoms. The van der Waals surface area contributed by atoms with E-state index in [1.807, 2.05) is 0 Å². The zero-order valence-electron chi connectivity index (χ0n) is 11.6. The first kappa shape index (κ1) is 16.3. The number of nitrogens with one attached hydrogen (secondary N) is 1. The van der Waals surface area contributed by atoms with Crippen LogP contribution in [0.5, 0.6) is 11.5 Å². The molecule has 2 aromatic carbocycles. The molecule has 0 aliphatic rings. The molecule has 0 bridgehead atoms. The molecule has 0 unspecified atom stereocenters. The molecule has 0 saturated carbocycles. The van der Waals surface area contributed by atoms with Crippen LogP contribution >= 0.6 is 0 Å². The van der Waals surface area contributed by atoms with Crippen LogP contribution in [0, 0.1) is 0 Å². The second kappa shape index (κ2) is 6.39. The van der Waals surface area contributed by atoms with E-state index in [9.17, 15) is 22.8 Å². The monoisotopic (exact) mass is 324 g/mol. The van der Waals surface area contributed by atoms with Gasteiger partial charge in [0.1, 0.15) is 11.5 Å². The van der Waals surface area contributed by atoms with Crippen molar-refractivity contribution in [1.82, 2.24) is 0 Å². The Kier molecular flexibility index (Phi) is 4.54. The average molecular weight is 324 g/mol. The fraction of sp³-hybridized carbons (Fsp3) is 0.0667. The summed E-state index contributed by atoms with van der Waals surface area (Å²) in [6.45, 7) is 0. The van der Waals surface area contributed by atoms with Crippen LogP contribution in [0.3, 0.4) is 0 Å². The van der Waals surface area contributed by atoms with E-state index in [1.54, 1.807) is 17.4 Å². The normalized spacial score (nSPS) is 10.9. The molecule has 0 radical (unpaired) electrons. The number of halogens is 3. The number of primary amides is 1. The van der Waals surface area contributed by atoms with Crippen molar-refractivity contribution in [3.05, 3.63) is 54.1 Å². The molecule has 0 atom stereocenters. The van der Waals surface area contributed by atoms with E-state index < -0.39 is 18.0 Å². The predicted molar refractivity (Wildman–Crippen MR) is 76.2 cm³/mol. The highest BCUT2D eigenvalue weighted by molar-refractivity contribution is 5.96. The van der Waals surface area contributed by atoms with E-state index in [0.29, 0.717) is 0 Å². The Labute approximate surface area is 128 Å². The van der Waals surface area contributed by atoms with E-state index in [-0.39, 0.29) is 22.7 Å². The third-order valence-electron chi connectivity index (χ3n) is 2.73. The summed E-state index contributed by atoms with van der Waals surface area (Å²) in [5.41, 5.74) is 5.24. The van der Waals surface area contributed by atoms with Gasteiger partial charge in [0.25, 0.3) is 5.91 Å². The van der Waals surface area contributed by atoms with Crippen molar-refractivity contribution in [3.8, 4) is 11.5 Å². The molecule has 2 rings (SSSR count). The summed E-state index contributed by atoms with van der Waals surface area (Å²) in [4.78, 5) is 22.2. The topological polar surface area (TPSA) is 81.4 Å². The first-order chi connectivity index (χ1) is 10.8. The van der Waals surface area contributed by atoms with Gasteiger partial charge in [-0.15, -0.1) is 0 Å². The summed E-state index contributed by atoms with van der Waals surface area (Å²) in [5, 5.41) is 1.71. The summed E-state index contributed by atoms with van der Waals surface area (Å²) in [6, 6.07) is 11.5. The minimum Gasteiger partial charge on any atom is -0.456 e. The van der Waals surface area contributed by atoms with Crippen molar-refractivity contribution in [2.24, 2.45) is 5.73 Å². The Morgan fingerprint density at radius 1 is 1.04 bits per heavy atom. The van der Waals surface area contributed by atoms with Gasteiger partial charge in [0.05, 0.1) is 5.56 Å². The molecule has 2 aromatic rings. The first-order valence-electron chi connectivity index (χ1n) is 6.32. The van der Waals surface area contributed by atoms with Crippen LogP contribution in [0.4, 0.5) is 18.9 Å². The Bertz CT molecular complexity index is 745. The zero-order valence-corrected chi connectivity index (χ0v) is 11.6. The Morgan fingerprint density at radius 3 is 2.39 bits per heavy atom. The molecule has 0 saturated heterocycles. The molecule has 0 aliphatic heterocycles. The SMILES string of the molecule is NC(=O)c1ccccc1Oc1cccc(NC(=O)C(F)(F)F)c1. The van der Waals surface area contributed by atoms with Gasteiger partial charge in [0, 0.05) is 11.8 Å². The van der Waals surface area contributed by atoms with Crippen molar-refractivity contribution < 1.29 is 27.5 Å². The second-order valence-corrected chi connectivity index (χ2v) is 4.44. The van der Waals surface area contributed by atoms with E-state index in [2.05, 4.69) is 0 Å². The number of hydrogen-bond donors (Lipinski definition) is 2. The fourth-order valence-electron chi connectivity index (χ4n) is 1.73. The van der Waals surface area contributed by atoms with Crippen molar-refractivity contribution in [2.45, 2.75) is 6.18 Å². The summed E-state index contributed by atoms with van der Waals surface area (Å²) in [7, 11) is 0. The van der Waals surface area contributed by atoms with Gasteiger partial charge in [-0.25, -0.2) is 0 Å². The number of hydrogen-bond acceptors (Lipinski definition) is 3. The summed E-state index contributed by atoms with van der Waals surface area (Å²) in [6.07, 6.45) is -4.99. The second-order valence-electron chi connectivity index (χ2n) is 4.44. The van der Waals surface area contributed by atoms with E-state index in [0.717, 1.165) is 0 Å². The summed E-state index contributed by atoms with van der Waals surface area (Å²) < 4.78 is 42.1. The van der Waals surface area contributed by atoms with Crippen LogP contribution in [-0.2, 0) is 4.79 Å². The lowest BCUT2D eigenvalue weighted by atomic mass is 10.2. The van der Waals surface area contributed by atoms with Gasteiger partial charge in [0.2, 0.25) is 0 Å². The average Bonchev–Trinajstić information content (AvgIpc) is 2.47. The smallest absolute Gasteiger partial charge is 0.456 e. The summed E-state index contributed by atoms with van der Waals surface area (Å²) in [5.74, 6) is -2.51. The number of rotatable bonds is 4. The van der Waals surface area contributed by atoms with Gasteiger partial charge in [0.15, 0.2) is 0 Å². The quantitative estimate of drug-likeness (QED) is 0.907. The number of amides is 2. The van der Waals surface area contributed by atoms with Gasteiger partial charge in [-0.1, -0.05) is 18.2 Å². The molecular weight excluding hydrogens is 313 g/mol. The van der Waals surface area contributed by atoms with E-state index >= 15 is 0 Å². The fourth-order valence-corrected chi connectivity index (χ4v) is 1.73. The first-order valence-corrected chi connectivity index (χ1v) is 6.32. The lowest BCUT2D eigenvalue weighted by Gasteiger charge is -2.11. The van der Waals surface area contributed by atoms with Gasteiger partial charge >= 0.3 is 12.1 Å². The number of carbonyl (C=O) groups is 2. The van der Waals surface area contributed by atoms with Crippen molar-refractivity contribution in [2.75, 3.05) is 5.32 Å². The Hall–Kier alpha value is -3.03. The van der Waals surface area contributed by atoms with Gasteiger partial charge in [-0.05, 0) is 24.3 Å². The highest BCUT2D eigenvalue weighted by atomic mass is 19.4. The maximum atomic E-state index is 12.2. The Morgan fingerprint density at radius 2 is 1.74 bits per heavy atom. The third kappa shape index (κ3) is 4.22. The standard InChI is InChI=1S/C15H11F3N2O3/c16-15(17,18)14(22)20-9-4-3-5-10(8-9)23-12-7-2-1-6-11(12)13(19)21/h1-8H,(H2,19,21)(H,20,22). The molecule has 0 fully saturated rings. The van der Waals surface area contributed by atoms with E-state index in [1.165, 1.54) is 36.4 Å². The summed E-state index contributed by atoms with van der Waals surface area (Å²) >= 11 is 0. The van der Waals surface area contributed by atoms with Gasteiger partial charge in [-0.2, -0.15) is 13.2 Å². The molecule has 0 heterocycles. The molecule has 0 aromatic heterocycles. The number of benzene rings is 2. The van der Waals surface area contributed by atoms with Gasteiger partial charge in [-0.3, -0.25) is 9.59 Å². The molecule has 0 spiro atoms. The molecular formula is C15H11F3N2O3. The van der Waals surface area contributed by atoms with Crippen LogP contribution in [0.15, 0.2) is 48.5 Å². The highest BCUT2D eigenvalue weighted by Gasteiger charge is 2.38. The number of ether oxygens (including phenoxy) is 1. The van der Waals surface area contributed by atoms with Crippen molar-refractivity contribution in [1.29, 1.82) is 0 Å². The molecule has 120 valence electrons. The maximum Gasteiger partial charge on any atom is 0.471 e. The number of para-hydroxylation sites is 1. The lowest BCUT2D eigenvalue weighted by Crippen LogP contribution is -2.29. The number of carbonyl (C=O) groups excluding carboxylic acids is 2.